The summed E-state index contributed by atoms with van der Waals surface area (Å²) in [7, 11) is 0. The zero-order chi connectivity index (χ0) is 13.8. The molecule has 0 radical (unpaired) electrons. The van der Waals surface area contributed by atoms with Crippen molar-refractivity contribution in [3.8, 4) is 0 Å². The van der Waals surface area contributed by atoms with Crippen LogP contribution >= 0.6 is 15.9 Å². The molecule has 0 bridgehead atoms. The molecule has 2 N–H and O–H groups in total. The third kappa shape index (κ3) is 3.54. The molecule has 2 aromatic rings. The lowest BCUT2D eigenvalue weighted by Crippen LogP contribution is -2.17. The third-order valence-electron chi connectivity index (χ3n) is 2.75. The molecule has 0 aliphatic carbocycles. The second-order valence-corrected chi connectivity index (χ2v) is 5.22. The molecule has 102 valence electrons. The summed E-state index contributed by atoms with van der Waals surface area (Å²) in [4.78, 5) is 0. The summed E-state index contributed by atoms with van der Waals surface area (Å²) in [5.41, 5.74) is 2.06. The summed E-state index contributed by atoms with van der Waals surface area (Å²) in [6.07, 6.45) is 0. The Morgan fingerprint density at radius 3 is 2.84 bits per heavy atom. The van der Waals surface area contributed by atoms with E-state index >= 15 is 0 Å². The van der Waals surface area contributed by atoms with Gasteiger partial charge in [0.2, 0.25) is 5.89 Å². The van der Waals surface area contributed by atoms with Crippen LogP contribution in [0, 0.1) is 6.92 Å². The summed E-state index contributed by atoms with van der Waals surface area (Å²) >= 11 is 3.43. The average Bonchev–Trinajstić information content (AvgIpc) is 2.82. The van der Waals surface area contributed by atoms with Crippen molar-refractivity contribution in [2.45, 2.75) is 26.8 Å². The fourth-order valence-corrected chi connectivity index (χ4v) is 2.21. The van der Waals surface area contributed by atoms with E-state index < -0.39 is 0 Å². The van der Waals surface area contributed by atoms with Crippen LogP contribution in [0.25, 0.3) is 0 Å². The molecule has 19 heavy (non-hydrogen) atoms. The topological polar surface area (TPSA) is 63.0 Å². The van der Waals surface area contributed by atoms with Gasteiger partial charge in [-0.2, -0.15) is 0 Å². The minimum Gasteiger partial charge on any atom is -0.406 e. The van der Waals surface area contributed by atoms with Gasteiger partial charge < -0.3 is 15.1 Å². The molecule has 0 spiro atoms. The smallest absolute Gasteiger partial charge is 0.320 e. The molecule has 0 saturated carbocycles. The largest absolute Gasteiger partial charge is 0.406 e. The number of nitrogens with one attached hydrogen (secondary N) is 2. The predicted octanol–water partition coefficient (Wildman–Crippen LogP) is 3.55. The van der Waals surface area contributed by atoms with Crippen molar-refractivity contribution in [3.05, 3.63) is 34.1 Å². The van der Waals surface area contributed by atoms with Gasteiger partial charge in [-0.15, -0.1) is 5.10 Å². The number of rotatable bonds is 5. The first-order chi connectivity index (χ1) is 9.10. The van der Waals surface area contributed by atoms with Gasteiger partial charge in [0.1, 0.15) is 0 Å². The minimum absolute atomic E-state index is 0.0547. The van der Waals surface area contributed by atoms with E-state index in [2.05, 4.69) is 36.8 Å². The van der Waals surface area contributed by atoms with Crippen molar-refractivity contribution >= 4 is 27.6 Å². The predicted molar refractivity (Wildman–Crippen MR) is 78.6 cm³/mol. The molecule has 6 heteroatoms. The van der Waals surface area contributed by atoms with E-state index in [1.165, 1.54) is 0 Å². The third-order valence-corrected chi connectivity index (χ3v) is 3.24. The Morgan fingerprint density at radius 1 is 1.37 bits per heavy atom. The van der Waals surface area contributed by atoms with Crippen molar-refractivity contribution in [1.82, 2.24) is 15.5 Å². The molecule has 5 nitrogen and oxygen atoms in total. The van der Waals surface area contributed by atoms with Crippen LogP contribution in [0.4, 0.5) is 11.7 Å². The number of halogens is 1. The van der Waals surface area contributed by atoms with Gasteiger partial charge in [0.25, 0.3) is 0 Å². The second-order valence-electron chi connectivity index (χ2n) is 4.31. The number of nitrogens with zero attached hydrogens (tertiary/aromatic N) is 2. The lowest BCUT2D eigenvalue weighted by Gasteiger charge is -2.07. The first kappa shape index (κ1) is 14.0. The number of benzene rings is 1. The van der Waals surface area contributed by atoms with Crippen LogP contribution in [0.3, 0.4) is 0 Å². The summed E-state index contributed by atoms with van der Waals surface area (Å²) in [5.74, 6) is 0.583. The molecule has 1 aromatic heterocycles. The van der Waals surface area contributed by atoms with E-state index in [9.17, 15) is 0 Å². The van der Waals surface area contributed by atoms with Crippen molar-refractivity contribution < 1.29 is 4.42 Å². The van der Waals surface area contributed by atoms with Crippen LogP contribution in [0.2, 0.25) is 0 Å². The fourth-order valence-electron chi connectivity index (χ4n) is 1.74. The summed E-state index contributed by atoms with van der Waals surface area (Å²) in [6, 6.07) is 6.43. The number of anilines is 2. The van der Waals surface area contributed by atoms with Crippen LogP contribution in [-0.4, -0.2) is 16.7 Å². The van der Waals surface area contributed by atoms with Gasteiger partial charge in [0.05, 0.1) is 6.04 Å². The van der Waals surface area contributed by atoms with Gasteiger partial charge in [-0.1, -0.05) is 28.0 Å². The number of aromatic nitrogens is 2. The Bertz CT molecular complexity index is 555. The monoisotopic (exact) mass is 324 g/mol. The first-order valence-corrected chi connectivity index (χ1v) is 6.99. The van der Waals surface area contributed by atoms with Gasteiger partial charge in [-0.05, 0) is 44.2 Å². The summed E-state index contributed by atoms with van der Waals surface area (Å²) in [6.45, 7) is 6.91. The molecule has 0 aliphatic rings. The second kappa shape index (κ2) is 6.16. The molecule has 1 aromatic carbocycles. The van der Waals surface area contributed by atoms with Crippen molar-refractivity contribution in [2.75, 3.05) is 11.9 Å². The maximum absolute atomic E-state index is 5.58. The van der Waals surface area contributed by atoms with Gasteiger partial charge in [0, 0.05) is 10.2 Å². The van der Waals surface area contributed by atoms with Crippen LogP contribution in [0.1, 0.15) is 31.3 Å². The van der Waals surface area contributed by atoms with Gasteiger partial charge in [-0.25, -0.2) is 0 Å². The average molecular weight is 325 g/mol. The highest BCUT2D eigenvalue weighted by Gasteiger charge is 2.13. The van der Waals surface area contributed by atoms with Crippen molar-refractivity contribution in [2.24, 2.45) is 0 Å². The van der Waals surface area contributed by atoms with Crippen LogP contribution in [0.5, 0.6) is 0 Å². The van der Waals surface area contributed by atoms with E-state index in [-0.39, 0.29) is 6.04 Å². The first-order valence-electron chi connectivity index (χ1n) is 6.20. The molecule has 1 heterocycles. The van der Waals surface area contributed by atoms with E-state index in [0.29, 0.717) is 11.9 Å². The summed E-state index contributed by atoms with van der Waals surface area (Å²) in [5, 5.41) is 14.4. The Labute approximate surface area is 120 Å². The van der Waals surface area contributed by atoms with E-state index in [1.54, 1.807) is 0 Å². The standard InChI is InChI=1S/C13H17BrN4O/c1-4-15-9(3)12-17-18-13(19-12)16-11-6-5-10(14)7-8(11)2/h5-7,9,15H,4H2,1-3H3,(H,16,18). The maximum Gasteiger partial charge on any atom is 0.320 e. The molecule has 2 rings (SSSR count). The van der Waals surface area contributed by atoms with E-state index in [0.717, 1.165) is 22.3 Å². The lowest BCUT2D eigenvalue weighted by atomic mass is 10.2. The van der Waals surface area contributed by atoms with E-state index in [1.807, 2.05) is 39.0 Å². The van der Waals surface area contributed by atoms with Gasteiger partial charge in [-0.3, -0.25) is 0 Å². The lowest BCUT2D eigenvalue weighted by molar-refractivity contribution is 0.430. The molecular formula is C13H17BrN4O. The minimum atomic E-state index is 0.0547. The Kier molecular flexibility index (Phi) is 4.55. The molecule has 0 fully saturated rings. The highest BCUT2D eigenvalue weighted by Crippen LogP contribution is 2.24. The van der Waals surface area contributed by atoms with E-state index in [4.69, 9.17) is 4.42 Å². The molecule has 1 atom stereocenters. The maximum atomic E-state index is 5.58. The molecule has 0 aliphatic heterocycles. The Morgan fingerprint density at radius 2 is 2.16 bits per heavy atom. The summed E-state index contributed by atoms with van der Waals surface area (Å²) < 4.78 is 6.62. The zero-order valence-corrected chi connectivity index (χ0v) is 12.8. The van der Waals surface area contributed by atoms with Crippen LogP contribution < -0.4 is 10.6 Å². The normalized spacial score (nSPS) is 12.4. The highest BCUT2D eigenvalue weighted by molar-refractivity contribution is 9.10. The SMILES string of the molecule is CCNC(C)c1nnc(Nc2ccc(Br)cc2C)o1. The number of hydrogen-bond donors (Lipinski definition) is 2. The van der Waals surface area contributed by atoms with Crippen LogP contribution in [-0.2, 0) is 0 Å². The molecule has 0 amide bonds. The molecular weight excluding hydrogens is 308 g/mol. The molecule has 1 unspecified atom stereocenters. The van der Waals surface area contributed by atoms with Crippen molar-refractivity contribution in [3.63, 3.8) is 0 Å². The molecule has 0 saturated heterocycles. The zero-order valence-electron chi connectivity index (χ0n) is 11.2. The van der Waals surface area contributed by atoms with Crippen LogP contribution in [0.15, 0.2) is 27.1 Å². The quantitative estimate of drug-likeness (QED) is 0.880. The number of aryl methyl sites for hydroxylation is 1. The number of hydrogen-bond acceptors (Lipinski definition) is 5. The fraction of sp³-hybridized carbons (Fsp3) is 0.385. The van der Waals surface area contributed by atoms with Gasteiger partial charge >= 0.3 is 6.01 Å². The van der Waals surface area contributed by atoms with Crippen molar-refractivity contribution in [1.29, 1.82) is 0 Å². The van der Waals surface area contributed by atoms with Gasteiger partial charge in [0.15, 0.2) is 0 Å². The Balaban J connectivity index is 2.11. The Hall–Kier alpha value is -1.40. The highest BCUT2D eigenvalue weighted by atomic mass is 79.9.